The van der Waals surface area contributed by atoms with Gasteiger partial charge >= 0.3 is 5.97 Å². The van der Waals surface area contributed by atoms with E-state index in [0.29, 0.717) is 12.0 Å². The first-order valence-corrected chi connectivity index (χ1v) is 6.67. The van der Waals surface area contributed by atoms with Gasteiger partial charge in [-0.3, -0.25) is 4.79 Å². The van der Waals surface area contributed by atoms with Crippen molar-refractivity contribution in [3.63, 3.8) is 0 Å². The summed E-state index contributed by atoms with van der Waals surface area (Å²) >= 11 is 0. The van der Waals surface area contributed by atoms with E-state index in [4.69, 9.17) is 11.0 Å². The van der Waals surface area contributed by atoms with Crippen molar-refractivity contribution in [3.8, 4) is 17.2 Å². The van der Waals surface area contributed by atoms with E-state index in [9.17, 15) is 9.18 Å². The molecule has 5 heteroatoms. The number of nitriles is 1. The average Bonchev–Trinajstić information content (AvgIpc) is 2.54. The van der Waals surface area contributed by atoms with Crippen molar-refractivity contribution in [3.05, 3.63) is 59.4 Å². The lowest BCUT2D eigenvalue weighted by molar-refractivity contribution is -0.142. The van der Waals surface area contributed by atoms with Gasteiger partial charge in [0.15, 0.2) is 0 Å². The van der Waals surface area contributed by atoms with Gasteiger partial charge in [0.1, 0.15) is 17.9 Å². The van der Waals surface area contributed by atoms with Crippen LogP contribution in [0.15, 0.2) is 42.5 Å². The molecule has 0 bridgehead atoms. The number of halogens is 1. The molecular weight excluding hydrogens is 283 g/mol. The molecule has 0 heterocycles. The number of esters is 1. The number of nitrogens with two attached hydrogens (primary N) is 1. The summed E-state index contributed by atoms with van der Waals surface area (Å²) in [4.78, 5) is 11.3. The third-order valence-electron chi connectivity index (χ3n) is 3.34. The molecule has 0 aliphatic rings. The molecule has 0 radical (unpaired) electrons. The number of ether oxygens (including phenoxy) is 1. The average molecular weight is 298 g/mol. The number of hydrogen-bond donors (Lipinski definition) is 1. The SMILES string of the molecule is COC(=O)C(N)Cc1ccc(-c2ccc(C#N)c(F)c2)cc1. The van der Waals surface area contributed by atoms with Crippen LogP contribution in [0.2, 0.25) is 0 Å². The molecule has 0 saturated heterocycles. The molecule has 2 N–H and O–H groups in total. The molecule has 0 saturated carbocycles. The van der Waals surface area contributed by atoms with E-state index in [-0.39, 0.29) is 5.56 Å². The quantitative estimate of drug-likeness (QED) is 0.879. The molecule has 1 unspecified atom stereocenters. The summed E-state index contributed by atoms with van der Waals surface area (Å²) in [5, 5.41) is 8.73. The lowest BCUT2D eigenvalue weighted by Gasteiger charge is -2.10. The van der Waals surface area contributed by atoms with Crippen molar-refractivity contribution in [1.29, 1.82) is 5.26 Å². The number of rotatable bonds is 4. The zero-order valence-electron chi connectivity index (χ0n) is 12.0. The molecule has 0 aromatic heterocycles. The van der Waals surface area contributed by atoms with Gasteiger partial charge in [0, 0.05) is 0 Å². The lowest BCUT2D eigenvalue weighted by Crippen LogP contribution is -2.33. The summed E-state index contributed by atoms with van der Waals surface area (Å²) in [6, 6.07) is 12.8. The summed E-state index contributed by atoms with van der Waals surface area (Å²) in [7, 11) is 1.30. The van der Waals surface area contributed by atoms with Gasteiger partial charge in [-0.2, -0.15) is 5.26 Å². The van der Waals surface area contributed by atoms with Crippen LogP contribution in [0.1, 0.15) is 11.1 Å². The Kier molecular flexibility index (Phi) is 4.87. The van der Waals surface area contributed by atoms with Crippen molar-refractivity contribution in [2.75, 3.05) is 7.11 Å². The van der Waals surface area contributed by atoms with E-state index in [1.807, 2.05) is 24.3 Å². The smallest absolute Gasteiger partial charge is 0.322 e. The highest BCUT2D eigenvalue weighted by Gasteiger charge is 2.14. The predicted molar refractivity (Wildman–Crippen MR) is 80.2 cm³/mol. The van der Waals surface area contributed by atoms with Gasteiger partial charge in [-0.15, -0.1) is 0 Å². The fraction of sp³-hybridized carbons (Fsp3) is 0.176. The standard InChI is InChI=1S/C17H15FN2O2/c1-22-17(21)16(20)8-11-2-4-12(5-3-11)13-6-7-14(10-19)15(18)9-13/h2-7,9,16H,8,20H2,1H3. The normalized spacial score (nSPS) is 11.5. The first-order chi connectivity index (χ1) is 10.5. The molecule has 0 amide bonds. The minimum atomic E-state index is -0.705. The van der Waals surface area contributed by atoms with Crippen LogP contribution >= 0.6 is 0 Å². The largest absolute Gasteiger partial charge is 0.468 e. The predicted octanol–water partition coefficient (Wildman–Crippen LogP) is 2.41. The van der Waals surface area contributed by atoms with Gasteiger partial charge < -0.3 is 10.5 Å². The summed E-state index contributed by atoms with van der Waals surface area (Å²) in [5.74, 6) is -1.00. The molecule has 112 valence electrons. The number of hydrogen-bond acceptors (Lipinski definition) is 4. The van der Waals surface area contributed by atoms with Crippen LogP contribution < -0.4 is 5.73 Å². The number of carbonyl (C=O) groups excluding carboxylic acids is 1. The third kappa shape index (κ3) is 3.48. The van der Waals surface area contributed by atoms with Crippen LogP contribution in [0.4, 0.5) is 4.39 Å². The Bertz CT molecular complexity index is 720. The summed E-state index contributed by atoms with van der Waals surface area (Å²) in [6.07, 6.45) is 0.370. The minimum absolute atomic E-state index is 0.0180. The van der Waals surface area contributed by atoms with Gasteiger partial charge in [0.25, 0.3) is 0 Å². The van der Waals surface area contributed by atoms with Gasteiger partial charge in [0.2, 0.25) is 0 Å². The Labute approximate surface area is 127 Å². The summed E-state index contributed by atoms with van der Waals surface area (Å²) in [5.41, 5.74) is 8.11. The Hall–Kier alpha value is -2.71. The monoisotopic (exact) mass is 298 g/mol. The maximum Gasteiger partial charge on any atom is 0.322 e. The van der Waals surface area contributed by atoms with Crippen LogP contribution in [-0.2, 0) is 16.0 Å². The molecule has 0 fully saturated rings. The zero-order chi connectivity index (χ0) is 16.1. The number of methoxy groups -OCH3 is 1. The molecule has 22 heavy (non-hydrogen) atoms. The van der Waals surface area contributed by atoms with E-state index in [1.54, 1.807) is 12.1 Å². The van der Waals surface area contributed by atoms with E-state index in [0.717, 1.165) is 11.1 Å². The highest BCUT2D eigenvalue weighted by Crippen LogP contribution is 2.22. The van der Waals surface area contributed by atoms with Crippen molar-refractivity contribution in [2.24, 2.45) is 5.73 Å². The van der Waals surface area contributed by atoms with Crippen molar-refractivity contribution >= 4 is 5.97 Å². The molecule has 1 atom stereocenters. The molecule has 2 aromatic rings. The van der Waals surface area contributed by atoms with E-state index >= 15 is 0 Å². The summed E-state index contributed by atoms with van der Waals surface area (Å²) in [6.45, 7) is 0. The molecule has 0 aliphatic carbocycles. The van der Waals surface area contributed by atoms with E-state index in [2.05, 4.69) is 4.74 Å². The van der Waals surface area contributed by atoms with Gasteiger partial charge in [-0.1, -0.05) is 30.3 Å². The number of carbonyl (C=O) groups is 1. The molecular formula is C17H15FN2O2. The van der Waals surface area contributed by atoms with Crippen molar-refractivity contribution in [2.45, 2.75) is 12.5 Å². The van der Waals surface area contributed by atoms with Gasteiger partial charge in [0.05, 0.1) is 12.7 Å². The summed E-state index contributed by atoms with van der Waals surface area (Å²) < 4.78 is 18.2. The second kappa shape index (κ2) is 6.83. The molecule has 2 aromatic carbocycles. The van der Waals surface area contributed by atoms with Crippen molar-refractivity contribution < 1.29 is 13.9 Å². The second-order valence-electron chi connectivity index (χ2n) is 4.84. The zero-order valence-corrected chi connectivity index (χ0v) is 12.0. The molecule has 4 nitrogen and oxygen atoms in total. The Morgan fingerprint density at radius 1 is 1.27 bits per heavy atom. The fourth-order valence-electron chi connectivity index (χ4n) is 2.11. The maximum absolute atomic E-state index is 13.6. The minimum Gasteiger partial charge on any atom is -0.468 e. The first kappa shape index (κ1) is 15.7. The lowest BCUT2D eigenvalue weighted by atomic mass is 10.00. The maximum atomic E-state index is 13.6. The van der Waals surface area contributed by atoms with Gasteiger partial charge in [-0.25, -0.2) is 4.39 Å². The Morgan fingerprint density at radius 3 is 2.45 bits per heavy atom. The van der Waals surface area contributed by atoms with Crippen LogP contribution in [0, 0.1) is 17.1 Å². The van der Waals surface area contributed by atoms with Crippen LogP contribution in [0.3, 0.4) is 0 Å². The fourth-order valence-corrected chi connectivity index (χ4v) is 2.11. The Balaban J connectivity index is 2.17. The highest BCUT2D eigenvalue weighted by atomic mass is 19.1. The number of nitrogens with zero attached hydrogens (tertiary/aromatic N) is 1. The Morgan fingerprint density at radius 2 is 1.91 bits per heavy atom. The van der Waals surface area contributed by atoms with E-state index in [1.165, 1.54) is 19.2 Å². The van der Waals surface area contributed by atoms with Gasteiger partial charge in [-0.05, 0) is 35.2 Å². The van der Waals surface area contributed by atoms with Crippen LogP contribution in [-0.4, -0.2) is 19.1 Å². The molecule has 2 rings (SSSR count). The third-order valence-corrected chi connectivity index (χ3v) is 3.34. The first-order valence-electron chi connectivity index (χ1n) is 6.67. The highest BCUT2D eigenvalue weighted by molar-refractivity contribution is 5.75. The number of benzene rings is 2. The van der Waals surface area contributed by atoms with Crippen LogP contribution in [0.25, 0.3) is 11.1 Å². The molecule has 0 spiro atoms. The van der Waals surface area contributed by atoms with E-state index < -0.39 is 17.8 Å². The topological polar surface area (TPSA) is 76.1 Å². The van der Waals surface area contributed by atoms with Crippen molar-refractivity contribution in [1.82, 2.24) is 0 Å². The molecule has 0 aliphatic heterocycles. The van der Waals surface area contributed by atoms with Crippen LogP contribution in [0.5, 0.6) is 0 Å². The second-order valence-corrected chi connectivity index (χ2v) is 4.84.